The standard InChI is InChI=1S/C16H3F28NO4S/c1-2-3(46)49-14(39,40)16(43,45(44)13(37,38)10(29,30)12(34,35)36)50(47,48)15(41,42)9(27,28)7(23,24)5(19,20)4(17,18)6(21,22)8(25,26)11(31,32)33/h2H,1H2. The molecule has 0 radical (unpaired) electrons. The minimum atomic E-state index is -10.8. The van der Waals surface area contributed by atoms with Gasteiger partial charge in [-0.05, 0) is 5.12 Å². The lowest BCUT2D eigenvalue weighted by Gasteiger charge is -2.44. The molecule has 0 bridgehead atoms. The molecule has 1 unspecified atom stereocenters. The molecule has 0 aliphatic rings. The average molecular weight is 837 g/mol. The SMILES string of the molecule is C=CC(=O)OC(F)(F)C(F)(N(F)C(F)(F)C(F)(F)C(F)(F)F)S(=O)(=O)C(F)(F)C(F)(F)C(F)(F)C(F)(F)C(F)(F)C(F)(F)C(F)(F)C(F)(F)F. The van der Waals surface area contributed by atoms with Crippen LogP contribution in [0.25, 0.3) is 0 Å². The van der Waals surface area contributed by atoms with Crippen LogP contribution in [0.5, 0.6) is 0 Å². The number of nitrogens with zero attached hydrogens (tertiary/aromatic N) is 1. The molecule has 34 heteroatoms. The van der Waals surface area contributed by atoms with Crippen molar-refractivity contribution < 1.29 is 141 Å². The number of esters is 1. The summed E-state index contributed by atoms with van der Waals surface area (Å²) >= 11 is 0. The van der Waals surface area contributed by atoms with Gasteiger partial charge in [0.1, 0.15) is 0 Å². The van der Waals surface area contributed by atoms with Gasteiger partial charge in [0, 0.05) is 6.08 Å². The first kappa shape index (κ1) is 47.2. The summed E-state index contributed by atoms with van der Waals surface area (Å²) in [4.78, 5) is 10.8. The van der Waals surface area contributed by atoms with Crippen molar-refractivity contribution in [1.29, 1.82) is 0 Å². The van der Waals surface area contributed by atoms with Crippen LogP contribution in [0.15, 0.2) is 12.7 Å². The van der Waals surface area contributed by atoms with Crippen molar-refractivity contribution in [3.05, 3.63) is 12.7 Å². The molecule has 298 valence electrons. The Morgan fingerprint density at radius 1 is 0.500 bits per heavy atom. The summed E-state index contributed by atoms with van der Waals surface area (Å²) in [5.41, 5.74) is 0. The molecule has 0 aromatic heterocycles. The number of hydrogen-bond donors (Lipinski definition) is 0. The second-order valence-corrected chi connectivity index (χ2v) is 10.6. The van der Waals surface area contributed by atoms with Gasteiger partial charge >= 0.3 is 82.3 Å². The van der Waals surface area contributed by atoms with E-state index in [4.69, 9.17) is 0 Å². The molecular weight excluding hydrogens is 834 g/mol. The van der Waals surface area contributed by atoms with Crippen LogP contribution in [0.1, 0.15) is 0 Å². The van der Waals surface area contributed by atoms with E-state index in [0.29, 0.717) is 0 Å². The fraction of sp³-hybridized carbons (Fsp3) is 0.812. The highest BCUT2D eigenvalue weighted by Crippen LogP contribution is 2.66. The van der Waals surface area contributed by atoms with Gasteiger partial charge in [-0.25, -0.2) is 13.2 Å². The maximum absolute atomic E-state index is 15.1. The number of rotatable bonds is 14. The summed E-state index contributed by atoms with van der Waals surface area (Å²) in [6.07, 6.45) is -26.1. The van der Waals surface area contributed by atoms with E-state index in [1.807, 2.05) is 11.3 Å². The van der Waals surface area contributed by atoms with E-state index >= 15 is 4.39 Å². The van der Waals surface area contributed by atoms with E-state index in [-0.39, 0.29) is 0 Å². The molecule has 0 aromatic carbocycles. The van der Waals surface area contributed by atoms with Crippen LogP contribution in [0.3, 0.4) is 0 Å². The summed E-state index contributed by atoms with van der Waals surface area (Å²) < 4.78 is 402. The van der Waals surface area contributed by atoms with Crippen molar-refractivity contribution in [3.8, 4) is 0 Å². The van der Waals surface area contributed by atoms with E-state index in [2.05, 4.69) is 0 Å². The first-order valence-corrected chi connectivity index (χ1v) is 11.8. The van der Waals surface area contributed by atoms with Crippen molar-refractivity contribution in [2.75, 3.05) is 0 Å². The zero-order valence-electron chi connectivity index (χ0n) is 21.4. The van der Waals surface area contributed by atoms with Crippen LogP contribution in [0.2, 0.25) is 0 Å². The van der Waals surface area contributed by atoms with Gasteiger partial charge in [-0.15, -0.1) is 4.48 Å². The Bertz CT molecular complexity index is 1410. The molecule has 1 atom stereocenters. The van der Waals surface area contributed by atoms with Gasteiger partial charge in [-0.3, -0.25) is 0 Å². The van der Waals surface area contributed by atoms with E-state index in [9.17, 15) is 132 Å². The van der Waals surface area contributed by atoms with Gasteiger partial charge in [0.15, 0.2) is 0 Å². The van der Waals surface area contributed by atoms with Crippen LogP contribution in [0.4, 0.5) is 123 Å². The van der Waals surface area contributed by atoms with E-state index in [1.54, 1.807) is 0 Å². The Morgan fingerprint density at radius 3 is 1.06 bits per heavy atom. The lowest BCUT2D eigenvalue weighted by atomic mass is 9.91. The molecule has 0 aliphatic carbocycles. The zero-order chi connectivity index (χ0) is 41.6. The highest BCUT2D eigenvalue weighted by atomic mass is 32.2. The molecule has 0 amide bonds. The van der Waals surface area contributed by atoms with Crippen molar-refractivity contribution in [2.24, 2.45) is 0 Å². The smallest absolute Gasteiger partial charge is 0.393 e. The van der Waals surface area contributed by atoms with Crippen molar-refractivity contribution in [2.45, 2.75) is 76.3 Å². The average Bonchev–Trinajstić information content (AvgIpc) is 2.89. The lowest BCUT2D eigenvalue weighted by Crippen LogP contribution is -2.77. The Kier molecular flexibility index (Phi) is 11.2. The molecule has 0 spiro atoms. The predicted octanol–water partition coefficient (Wildman–Crippen LogP) is 8.29. The van der Waals surface area contributed by atoms with Crippen molar-refractivity contribution in [3.63, 3.8) is 0 Å². The summed E-state index contributed by atoms with van der Waals surface area (Å²) in [6, 6.07) is -8.98. The highest BCUT2D eigenvalue weighted by molar-refractivity contribution is 7.93. The minimum Gasteiger partial charge on any atom is -0.393 e. The molecule has 0 saturated heterocycles. The summed E-state index contributed by atoms with van der Waals surface area (Å²) in [5, 5.41) is -24.6. The summed E-state index contributed by atoms with van der Waals surface area (Å²) in [5.74, 6) is -69.7. The molecule has 0 N–H and O–H groups in total. The van der Waals surface area contributed by atoms with Gasteiger partial charge in [0.2, 0.25) is 0 Å². The molecule has 0 fully saturated rings. The molecule has 0 rings (SSSR count). The maximum Gasteiger partial charge on any atom is 0.468 e. The quantitative estimate of drug-likeness (QED) is 0.0580. The Balaban J connectivity index is 8.23. The van der Waals surface area contributed by atoms with Gasteiger partial charge in [0.25, 0.3) is 9.84 Å². The van der Waals surface area contributed by atoms with Crippen LogP contribution >= 0.6 is 0 Å². The minimum absolute atomic E-state index is 1.02. The zero-order valence-corrected chi connectivity index (χ0v) is 22.2. The predicted molar refractivity (Wildman–Crippen MR) is 93.6 cm³/mol. The number of sulfone groups is 1. The van der Waals surface area contributed by atoms with Gasteiger partial charge in [-0.2, -0.15) is 119 Å². The molecule has 0 aromatic rings. The maximum atomic E-state index is 15.1. The number of ether oxygens (including phenoxy) is 1. The Labute approximate surface area is 252 Å². The monoisotopic (exact) mass is 837 g/mol. The molecule has 0 saturated carbocycles. The highest BCUT2D eigenvalue weighted by Gasteiger charge is 2.98. The van der Waals surface area contributed by atoms with Crippen molar-refractivity contribution >= 4 is 15.8 Å². The van der Waals surface area contributed by atoms with Crippen molar-refractivity contribution in [1.82, 2.24) is 5.12 Å². The van der Waals surface area contributed by atoms with Crippen LogP contribution in [-0.4, -0.2) is 95.9 Å². The van der Waals surface area contributed by atoms with Crippen LogP contribution < -0.4 is 0 Å². The molecule has 5 nitrogen and oxygen atoms in total. The second kappa shape index (κ2) is 11.8. The third-order valence-electron chi connectivity index (χ3n) is 5.37. The fourth-order valence-corrected chi connectivity index (χ4v) is 4.06. The largest absolute Gasteiger partial charge is 0.468 e. The summed E-state index contributed by atoms with van der Waals surface area (Å²) in [7, 11) is -10.8. The number of hydrogen-bond acceptors (Lipinski definition) is 5. The van der Waals surface area contributed by atoms with Crippen LogP contribution in [0, 0.1) is 0 Å². The van der Waals surface area contributed by atoms with E-state index in [1.165, 1.54) is 0 Å². The lowest BCUT2D eigenvalue weighted by molar-refractivity contribution is -0.460. The van der Waals surface area contributed by atoms with Crippen LogP contribution in [-0.2, 0) is 19.4 Å². The third kappa shape index (κ3) is 5.71. The molecule has 0 heterocycles. The normalized spacial score (nSPS) is 17.5. The fourth-order valence-electron chi connectivity index (χ4n) is 2.57. The first-order chi connectivity index (χ1) is 21.1. The number of carbonyl (C=O) groups is 1. The number of carbonyl (C=O) groups excluding carboxylic acids is 1. The van der Waals surface area contributed by atoms with Gasteiger partial charge < -0.3 is 4.74 Å². The van der Waals surface area contributed by atoms with Gasteiger partial charge in [0.05, 0.1) is 0 Å². The molecule has 0 aliphatic heterocycles. The van der Waals surface area contributed by atoms with E-state index < -0.39 is 103 Å². The Hall–Kier alpha value is -2.84. The third-order valence-corrected chi connectivity index (χ3v) is 7.42. The summed E-state index contributed by atoms with van der Waals surface area (Å²) in [6.45, 7) is 1.97. The second-order valence-electron chi connectivity index (χ2n) is 8.56. The Morgan fingerprint density at radius 2 is 0.780 bits per heavy atom. The topological polar surface area (TPSA) is 63.7 Å². The van der Waals surface area contributed by atoms with Gasteiger partial charge in [-0.1, -0.05) is 6.58 Å². The first-order valence-electron chi connectivity index (χ1n) is 10.3. The number of halogens is 28. The molecular formula is C16H3F28NO4S. The molecule has 50 heavy (non-hydrogen) atoms. The van der Waals surface area contributed by atoms with E-state index in [0.717, 1.165) is 0 Å². The number of alkyl halides is 27.